The van der Waals surface area contributed by atoms with Gasteiger partial charge < -0.3 is 10.2 Å². The second kappa shape index (κ2) is 4.47. The standard InChI is InChI=1S/C12H20N4/c1-8(2)12-9-5-13-6-10(9)14-11(15-12)7-16(3)4/h8,13H,5-7H2,1-4H3. The Morgan fingerprint density at radius 1 is 1.25 bits per heavy atom. The van der Waals surface area contributed by atoms with E-state index in [1.165, 1.54) is 17.0 Å². The second-order valence-corrected chi connectivity index (χ2v) is 4.95. The fourth-order valence-electron chi connectivity index (χ4n) is 2.08. The van der Waals surface area contributed by atoms with Gasteiger partial charge in [0, 0.05) is 18.7 Å². The molecule has 1 aromatic heterocycles. The van der Waals surface area contributed by atoms with Gasteiger partial charge in [0.15, 0.2) is 0 Å². The largest absolute Gasteiger partial charge is 0.307 e. The van der Waals surface area contributed by atoms with Gasteiger partial charge in [-0.25, -0.2) is 9.97 Å². The number of nitrogens with one attached hydrogen (secondary N) is 1. The third kappa shape index (κ3) is 2.23. The highest BCUT2D eigenvalue weighted by molar-refractivity contribution is 5.31. The molecule has 0 unspecified atom stereocenters. The first-order valence-electron chi connectivity index (χ1n) is 5.82. The summed E-state index contributed by atoms with van der Waals surface area (Å²) in [6, 6.07) is 0. The highest BCUT2D eigenvalue weighted by atomic mass is 15.1. The molecule has 1 aliphatic rings. The van der Waals surface area contributed by atoms with Crippen molar-refractivity contribution < 1.29 is 0 Å². The summed E-state index contributed by atoms with van der Waals surface area (Å²) in [5.74, 6) is 1.41. The van der Waals surface area contributed by atoms with E-state index in [0.717, 1.165) is 25.5 Å². The van der Waals surface area contributed by atoms with Crippen LogP contribution in [0.3, 0.4) is 0 Å². The Balaban J connectivity index is 2.39. The van der Waals surface area contributed by atoms with Crippen molar-refractivity contribution in [3.8, 4) is 0 Å². The number of hydrogen-bond acceptors (Lipinski definition) is 4. The molecule has 88 valence electrons. The van der Waals surface area contributed by atoms with Gasteiger partial charge in [0.25, 0.3) is 0 Å². The summed E-state index contributed by atoms with van der Waals surface area (Å²) in [5, 5.41) is 3.35. The van der Waals surface area contributed by atoms with Crippen LogP contribution in [-0.2, 0) is 19.6 Å². The highest BCUT2D eigenvalue weighted by Crippen LogP contribution is 2.23. The van der Waals surface area contributed by atoms with E-state index in [1.54, 1.807) is 0 Å². The van der Waals surface area contributed by atoms with Crippen LogP contribution in [0.4, 0.5) is 0 Å². The normalized spacial score (nSPS) is 14.9. The van der Waals surface area contributed by atoms with Gasteiger partial charge in [-0.3, -0.25) is 0 Å². The molecule has 0 atom stereocenters. The lowest BCUT2D eigenvalue weighted by atomic mass is 10.0. The predicted octanol–water partition coefficient (Wildman–Crippen LogP) is 1.26. The van der Waals surface area contributed by atoms with Crippen LogP contribution in [0.5, 0.6) is 0 Å². The minimum Gasteiger partial charge on any atom is -0.307 e. The zero-order valence-electron chi connectivity index (χ0n) is 10.5. The molecule has 0 bridgehead atoms. The summed E-state index contributed by atoms with van der Waals surface area (Å²) in [6.45, 7) is 7.01. The summed E-state index contributed by atoms with van der Waals surface area (Å²) >= 11 is 0. The molecule has 0 spiro atoms. The highest BCUT2D eigenvalue weighted by Gasteiger charge is 2.20. The Morgan fingerprint density at radius 2 is 2.00 bits per heavy atom. The number of rotatable bonds is 3. The quantitative estimate of drug-likeness (QED) is 0.832. The predicted molar refractivity (Wildman–Crippen MR) is 64.1 cm³/mol. The monoisotopic (exact) mass is 220 g/mol. The molecule has 0 amide bonds. The van der Waals surface area contributed by atoms with Crippen LogP contribution < -0.4 is 5.32 Å². The van der Waals surface area contributed by atoms with Crippen molar-refractivity contribution >= 4 is 0 Å². The Bertz CT molecular complexity index is 385. The second-order valence-electron chi connectivity index (χ2n) is 4.95. The van der Waals surface area contributed by atoms with Crippen LogP contribution in [0, 0.1) is 0 Å². The molecule has 2 heterocycles. The van der Waals surface area contributed by atoms with E-state index in [4.69, 9.17) is 4.98 Å². The topological polar surface area (TPSA) is 41.1 Å². The van der Waals surface area contributed by atoms with Crippen LogP contribution in [0.2, 0.25) is 0 Å². The lowest BCUT2D eigenvalue weighted by Gasteiger charge is -2.14. The van der Waals surface area contributed by atoms with E-state index in [0.29, 0.717) is 5.92 Å². The summed E-state index contributed by atoms with van der Waals surface area (Å²) in [7, 11) is 4.09. The first-order valence-corrected chi connectivity index (χ1v) is 5.82. The number of hydrogen-bond donors (Lipinski definition) is 1. The molecule has 1 N–H and O–H groups in total. The van der Waals surface area contributed by atoms with E-state index in [-0.39, 0.29) is 0 Å². The van der Waals surface area contributed by atoms with Crippen molar-refractivity contribution in [2.24, 2.45) is 0 Å². The maximum atomic E-state index is 4.69. The molecule has 0 saturated carbocycles. The Labute approximate surface area is 97.1 Å². The molecular formula is C12H20N4. The number of aromatic nitrogens is 2. The van der Waals surface area contributed by atoms with E-state index in [9.17, 15) is 0 Å². The maximum absolute atomic E-state index is 4.69. The SMILES string of the molecule is CC(C)c1nc(CN(C)C)nc2c1CNC2. The molecular weight excluding hydrogens is 200 g/mol. The third-order valence-corrected chi connectivity index (χ3v) is 2.77. The van der Waals surface area contributed by atoms with Gasteiger partial charge in [-0.1, -0.05) is 13.8 Å². The first-order chi connectivity index (χ1) is 7.58. The van der Waals surface area contributed by atoms with Crippen molar-refractivity contribution in [3.63, 3.8) is 0 Å². The molecule has 4 heteroatoms. The van der Waals surface area contributed by atoms with Crippen molar-refractivity contribution in [1.82, 2.24) is 20.2 Å². The smallest absolute Gasteiger partial charge is 0.142 e. The molecule has 4 nitrogen and oxygen atoms in total. The van der Waals surface area contributed by atoms with Crippen molar-refractivity contribution in [2.45, 2.75) is 39.4 Å². The van der Waals surface area contributed by atoms with Crippen molar-refractivity contribution in [2.75, 3.05) is 14.1 Å². The van der Waals surface area contributed by atoms with Gasteiger partial charge in [0.05, 0.1) is 17.9 Å². The summed E-state index contributed by atoms with van der Waals surface area (Å²) in [5.41, 5.74) is 3.72. The lowest BCUT2D eigenvalue weighted by Crippen LogP contribution is -2.16. The first kappa shape index (κ1) is 11.5. The van der Waals surface area contributed by atoms with Crippen molar-refractivity contribution in [1.29, 1.82) is 0 Å². The zero-order valence-corrected chi connectivity index (χ0v) is 10.5. The summed E-state index contributed by atoms with van der Waals surface area (Å²) in [6.07, 6.45) is 0. The van der Waals surface area contributed by atoms with E-state index >= 15 is 0 Å². The van der Waals surface area contributed by atoms with Gasteiger partial charge in [0.2, 0.25) is 0 Å². The molecule has 1 aliphatic heterocycles. The fraction of sp³-hybridized carbons (Fsp3) is 0.667. The molecule has 0 fully saturated rings. The van der Waals surface area contributed by atoms with Crippen LogP contribution in [0.1, 0.15) is 42.5 Å². The van der Waals surface area contributed by atoms with Crippen LogP contribution in [0.15, 0.2) is 0 Å². The van der Waals surface area contributed by atoms with Crippen LogP contribution >= 0.6 is 0 Å². The molecule has 16 heavy (non-hydrogen) atoms. The molecule has 0 aromatic carbocycles. The molecule has 1 aromatic rings. The molecule has 0 radical (unpaired) electrons. The number of fused-ring (bicyclic) bond motifs is 1. The third-order valence-electron chi connectivity index (χ3n) is 2.77. The lowest BCUT2D eigenvalue weighted by molar-refractivity contribution is 0.388. The summed E-state index contributed by atoms with van der Waals surface area (Å²) < 4.78 is 0. The minimum atomic E-state index is 0.470. The summed E-state index contributed by atoms with van der Waals surface area (Å²) in [4.78, 5) is 11.4. The van der Waals surface area contributed by atoms with E-state index in [1.807, 2.05) is 14.1 Å². The zero-order chi connectivity index (χ0) is 11.7. The van der Waals surface area contributed by atoms with Gasteiger partial charge >= 0.3 is 0 Å². The Morgan fingerprint density at radius 3 is 2.62 bits per heavy atom. The van der Waals surface area contributed by atoms with Crippen LogP contribution in [-0.4, -0.2) is 29.0 Å². The maximum Gasteiger partial charge on any atom is 0.142 e. The van der Waals surface area contributed by atoms with E-state index < -0.39 is 0 Å². The Kier molecular flexibility index (Phi) is 3.21. The van der Waals surface area contributed by atoms with Gasteiger partial charge in [0.1, 0.15) is 5.82 Å². The van der Waals surface area contributed by atoms with Crippen molar-refractivity contribution in [3.05, 3.63) is 22.8 Å². The molecule has 0 saturated heterocycles. The molecule has 2 rings (SSSR count). The fourth-order valence-corrected chi connectivity index (χ4v) is 2.08. The average molecular weight is 220 g/mol. The van der Waals surface area contributed by atoms with Gasteiger partial charge in [-0.2, -0.15) is 0 Å². The number of nitrogens with zero attached hydrogens (tertiary/aromatic N) is 3. The Hall–Kier alpha value is -1.00. The van der Waals surface area contributed by atoms with Crippen LogP contribution in [0.25, 0.3) is 0 Å². The minimum absolute atomic E-state index is 0.470. The van der Waals surface area contributed by atoms with Gasteiger partial charge in [-0.15, -0.1) is 0 Å². The van der Waals surface area contributed by atoms with E-state index in [2.05, 4.69) is 29.0 Å². The van der Waals surface area contributed by atoms with Gasteiger partial charge in [-0.05, 0) is 20.0 Å². The average Bonchev–Trinajstić information content (AvgIpc) is 2.62. The molecule has 0 aliphatic carbocycles.